The van der Waals surface area contributed by atoms with E-state index in [4.69, 9.17) is 5.11 Å². The van der Waals surface area contributed by atoms with Crippen molar-refractivity contribution in [2.75, 3.05) is 6.61 Å². The highest BCUT2D eigenvalue weighted by Crippen LogP contribution is 2.26. The maximum Gasteiger partial charge on any atom is 0.226 e. The molecule has 12 heavy (non-hydrogen) atoms. The molecule has 0 spiro atoms. The zero-order valence-electron chi connectivity index (χ0n) is 7.87. The molecule has 0 unspecified atom stereocenters. The summed E-state index contributed by atoms with van der Waals surface area (Å²) in [5, 5.41) is 11.9. The highest BCUT2D eigenvalue weighted by atomic mass is 16.3. The monoisotopic (exact) mass is 171 g/mol. The average Bonchev–Trinajstić information content (AvgIpc) is 2.27. The Kier molecular flexibility index (Phi) is 2.73. The van der Waals surface area contributed by atoms with Crippen LogP contribution in [0.4, 0.5) is 0 Å². The summed E-state index contributed by atoms with van der Waals surface area (Å²) in [6, 6.07) is 0.231. The van der Waals surface area contributed by atoms with Crippen molar-refractivity contribution < 1.29 is 9.90 Å². The zero-order valence-corrected chi connectivity index (χ0v) is 7.87. The van der Waals surface area contributed by atoms with E-state index in [0.717, 1.165) is 0 Å². The van der Waals surface area contributed by atoms with Gasteiger partial charge in [-0.1, -0.05) is 20.8 Å². The van der Waals surface area contributed by atoms with Crippen LogP contribution in [0.3, 0.4) is 0 Å². The van der Waals surface area contributed by atoms with E-state index in [9.17, 15) is 4.79 Å². The van der Waals surface area contributed by atoms with Crippen LogP contribution in [0.1, 0.15) is 20.8 Å². The first-order valence-corrected chi connectivity index (χ1v) is 4.49. The molecule has 0 aromatic rings. The Hall–Kier alpha value is -0.570. The maximum absolute atomic E-state index is 11.3. The first kappa shape index (κ1) is 9.52. The minimum Gasteiger partial charge on any atom is -0.396 e. The lowest BCUT2D eigenvalue weighted by atomic mass is 9.87. The van der Waals surface area contributed by atoms with Crippen LogP contribution >= 0.6 is 0 Å². The van der Waals surface area contributed by atoms with Gasteiger partial charge in [0.25, 0.3) is 0 Å². The molecule has 1 aliphatic heterocycles. The summed E-state index contributed by atoms with van der Waals surface area (Å²) in [5.74, 6) is 0.504. The van der Waals surface area contributed by atoms with Crippen molar-refractivity contribution in [1.29, 1.82) is 0 Å². The van der Waals surface area contributed by atoms with Gasteiger partial charge in [-0.25, -0.2) is 0 Å². The highest BCUT2D eigenvalue weighted by molar-refractivity contribution is 5.81. The molecule has 1 fully saturated rings. The Labute approximate surface area is 73.2 Å². The topological polar surface area (TPSA) is 49.3 Å². The largest absolute Gasteiger partial charge is 0.396 e. The minimum atomic E-state index is -0.197. The zero-order chi connectivity index (χ0) is 9.30. The van der Waals surface area contributed by atoms with Gasteiger partial charge in [-0.15, -0.1) is 0 Å². The minimum absolute atomic E-state index is 0.00343. The second-order valence-electron chi connectivity index (χ2n) is 3.93. The van der Waals surface area contributed by atoms with Crippen molar-refractivity contribution in [2.24, 2.45) is 17.8 Å². The van der Waals surface area contributed by atoms with E-state index >= 15 is 0 Å². The number of rotatable bonds is 2. The Morgan fingerprint density at radius 2 is 2.17 bits per heavy atom. The van der Waals surface area contributed by atoms with Gasteiger partial charge in [0.2, 0.25) is 5.91 Å². The van der Waals surface area contributed by atoms with Gasteiger partial charge in [0.1, 0.15) is 0 Å². The van der Waals surface area contributed by atoms with Crippen LogP contribution in [0, 0.1) is 17.8 Å². The van der Waals surface area contributed by atoms with Crippen LogP contribution in [0.15, 0.2) is 0 Å². The molecule has 3 atom stereocenters. The SMILES string of the molecule is CC(C)[C@H]1NC(=O)[C@H](CO)[C@H]1C. The molecular weight excluding hydrogens is 154 g/mol. The van der Waals surface area contributed by atoms with Gasteiger partial charge in [-0.2, -0.15) is 0 Å². The van der Waals surface area contributed by atoms with Crippen molar-refractivity contribution in [3.8, 4) is 0 Å². The molecular formula is C9H17NO2. The van der Waals surface area contributed by atoms with Gasteiger partial charge in [0.15, 0.2) is 0 Å². The molecule has 70 valence electrons. The number of amides is 1. The van der Waals surface area contributed by atoms with Crippen LogP contribution in [-0.4, -0.2) is 23.7 Å². The number of hydrogen-bond donors (Lipinski definition) is 2. The van der Waals surface area contributed by atoms with E-state index in [1.807, 2.05) is 6.92 Å². The molecule has 0 bridgehead atoms. The summed E-state index contributed by atoms with van der Waals surface area (Å²) >= 11 is 0. The highest BCUT2D eigenvalue weighted by Gasteiger charge is 2.39. The van der Waals surface area contributed by atoms with Gasteiger partial charge in [-0.3, -0.25) is 4.79 Å². The Bertz CT molecular complexity index is 179. The van der Waals surface area contributed by atoms with Crippen LogP contribution < -0.4 is 5.32 Å². The predicted octanol–water partition coefficient (Wildman–Crippen LogP) is 0.385. The van der Waals surface area contributed by atoms with Gasteiger partial charge in [0.05, 0.1) is 12.5 Å². The third kappa shape index (κ3) is 1.46. The summed E-state index contributed by atoms with van der Waals surface area (Å²) in [7, 11) is 0. The fourth-order valence-corrected chi connectivity index (χ4v) is 1.91. The first-order valence-electron chi connectivity index (χ1n) is 4.49. The maximum atomic E-state index is 11.3. The molecule has 2 N–H and O–H groups in total. The molecule has 0 saturated carbocycles. The number of carbonyl (C=O) groups excluding carboxylic acids is 1. The number of nitrogens with one attached hydrogen (secondary N) is 1. The third-order valence-corrected chi connectivity index (χ3v) is 2.76. The van der Waals surface area contributed by atoms with Crippen molar-refractivity contribution in [2.45, 2.75) is 26.8 Å². The molecule has 0 aromatic heterocycles. The molecule has 0 aromatic carbocycles. The summed E-state index contributed by atoms with van der Waals surface area (Å²) in [6.45, 7) is 6.15. The lowest BCUT2D eigenvalue weighted by Gasteiger charge is -2.20. The van der Waals surface area contributed by atoms with Gasteiger partial charge in [0, 0.05) is 6.04 Å². The van der Waals surface area contributed by atoms with Gasteiger partial charge >= 0.3 is 0 Å². The number of carbonyl (C=O) groups is 1. The summed E-state index contributed by atoms with van der Waals surface area (Å²) in [4.78, 5) is 11.3. The molecule has 0 radical (unpaired) electrons. The van der Waals surface area contributed by atoms with Crippen LogP contribution in [0.25, 0.3) is 0 Å². The smallest absolute Gasteiger partial charge is 0.226 e. The fourth-order valence-electron chi connectivity index (χ4n) is 1.91. The summed E-state index contributed by atoms with van der Waals surface area (Å²) in [5.41, 5.74) is 0. The van der Waals surface area contributed by atoms with Crippen LogP contribution in [0.5, 0.6) is 0 Å². The lowest BCUT2D eigenvalue weighted by Crippen LogP contribution is -2.32. The quantitative estimate of drug-likeness (QED) is 0.631. The van der Waals surface area contributed by atoms with Crippen molar-refractivity contribution in [1.82, 2.24) is 5.32 Å². The van der Waals surface area contributed by atoms with E-state index in [1.165, 1.54) is 0 Å². The average molecular weight is 171 g/mol. The molecule has 1 aliphatic rings. The number of aliphatic hydroxyl groups is 1. The molecule has 1 amide bonds. The Balaban J connectivity index is 2.68. The van der Waals surface area contributed by atoms with E-state index in [0.29, 0.717) is 5.92 Å². The summed E-state index contributed by atoms with van der Waals surface area (Å²) in [6.07, 6.45) is 0. The number of aliphatic hydroxyl groups excluding tert-OH is 1. The third-order valence-electron chi connectivity index (χ3n) is 2.76. The second-order valence-corrected chi connectivity index (χ2v) is 3.93. The molecule has 1 saturated heterocycles. The Morgan fingerprint density at radius 1 is 1.58 bits per heavy atom. The normalized spacial score (nSPS) is 35.8. The summed E-state index contributed by atoms with van der Waals surface area (Å²) < 4.78 is 0. The molecule has 0 aliphatic carbocycles. The van der Waals surface area contributed by atoms with Crippen LogP contribution in [-0.2, 0) is 4.79 Å². The molecule has 1 heterocycles. The predicted molar refractivity (Wildman–Crippen MR) is 46.5 cm³/mol. The van der Waals surface area contributed by atoms with Crippen molar-refractivity contribution in [3.63, 3.8) is 0 Å². The van der Waals surface area contributed by atoms with Crippen molar-refractivity contribution >= 4 is 5.91 Å². The molecule has 1 rings (SSSR count). The lowest BCUT2D eigenvalue weighted by molar-refractivity contribution is -0.124. The molecule has 3 heteroatoms. The molecule has 3 nitrogen and oxygen atoms in total. The van der Waals surface area contributed by atoms with Crippen LogP contribution in [0.2, 0.25) is 0 Å². The fraction of sp³-hybridized carbons (Fsp3) is 0.889. The van der Waals surface area contributed by atoms with E-state index in [2.05, 4.69) is 19.2 Å². The van der Waals surface area contributed by atoms with Gasteiger partial charge in [-0.05, 0) is 11.8 Å². The second kappa shape index (κ2) is 3.44. The van der Waals surface area contributed by atoms with Gasteiger partial charge < -0.3 is 10.4 Å². The van der Waals surface area contributed by atoms with E-state index in [-0.39, 0.29) is 30.4 Å². The van der Waals surface area contributed by atoms with E-state index in [1.54, 1.807) is 0 Å². The van der Waals surface area contributed by atoms with E-state index < -0.39 is 0 Å². The Morgan fingerprint density at radius 3 is 2.42 bits per heavy atom. The first-order chi connectivity index (χ1) is 5.57. The number of hydrogen-bond acceptors (Lipinski definition) is 2. The standard InChI is InChI=1S/C9H17NO2/c1-5(2)8-6(3)7(4-11)9(12)10-8/h5-8,11H,4H2,1-3H3,(H,10,12)/t6-,7-,8-/m1/s1. The van der Waals surface area contributed by atoms with Crippen molar-refractivity contribution in [3.05, 3.63) is 0 Å².